The number of thioether (sulfide) groups is 1. The van der Waals surface area contributed by atoms with Crippen LogP contribution in [0.1, 0.15) is 5.56 Å². The topological polar surface area (TPSA) is 73.2 Å². The monoisotopic (exact) mass is 475 g/mol. The molecule has 0 aromatic heterocycles. The van der Waals surface area contributed by atoms with E-state index in [0.717, 1.165) is 10.0 Å². The summed E-state index contributed by atoms with van der Waals surface area (Å²) in [4.78, 5) is 26.8. The van der Waals surface area contributed by atoms with Crippen molar-refractivity contribution in [2.45, 2.75) is 11.7 Å². The molecular weight excluding hydrogens is 462 g/mol. The molecule has 1 saturated heterocycles. The third-order valence-electron chi connectivity index (χ3n) is 4.13. The van der Waals surface area contributed by atoms with Crippen LogP contribution in [0.2, 0.25) is 5.02 Å². The van der Waals surface area contributed by atoms with Crippen LogP contribution >= 0.6 is 39.3 Å². The number of nitriles is 1. The predicted octanol–water partition coefficient (Wildman–Crippen LogP) is 4.27. The Morgan fingerprint density at radius 3 is 2.64 bits per heavy atom. The van der Waals surface area contributed by atoms with Crippen LogP contribution in [0.3, 0.4) is 0 Å². The lowest BCUT2D eigenvalue weighted by Gasteiger charge is -2.18. The maximum absolute atomic E-state index is 13.2. The zero-order chi connectivity index (χ0) is 20.3. The molecule has 1 N–H and O–H groups in total. The normalized spacial score (nSPS) is 18.0. The molecule has 5 nitrogen and oxygen atoms in total. The van der Waals surface area contributed by atoms with Gasteiger partial charge in [-0.25, -0.2) is 0 Å². The fourth-order valence-electron chi connectivity index (χ4n) is 2.82. The van der Waals surface area contributed by atoms with Gasteiger partial charge in [0.2, 0.25) is 5.91 Å². The van der Waals surface area contributed by atoms with Crippen molar-refractivity contribution in [1.82, 2.24) is 5.32 Å². The summed E-state index contributed by atoms with van der Waals surface area (Å²) in [5.74, 6) is -0.709. The van der Waals surface area contributed by atoms with Gasteiger partial charge in [0.05, 0.1) is 5.25 Å². The summed E-state index contributed by atoms with van der Waals surface area (Å²) in [6, 6.07) is 16.4. The molecule has 1 aliphatic rings. The highest BCUT2D eigenvalue weighted by molar-refractivity contribution is 9.10. The van der Waals surface area contributed by atoms with Crippen LogP contribution in [-0.4, -0.2) is 24.1 Å². The van der Waals surface area contributed by atoms with Crippen LogP contribution in [0.15, 0.2) is 63.6 Å². The first kappa shape index (κ1) is 20.5. The van der Waals surface area contributed by atoms with Crippen molar-refractivity contribution in [3.63, 3.8) is 0 Å². The van der Waals surface area contributed by atoms with Gasteiger partial charge in [-0.15, -0.1) is 0 Å². The van der Waals surface area contributed by atoms with Gasteiger partial charge in [0.1, 0.15) is 16.7 Å². The zero-order valence-corrected chi connectivity index (χ0v) is 17.9. The number of halogens is 2. The number of carbonyl (C=O) groups is 2. The van der Waals surface area contributed by atoms with Crippen molar-refractivity contribution in [2.75, 3.05) is 11.9 Å². The van der Waals surface area contributed by atoms with Gasteiger partial charge in [-0.1, -0.05) is 51.4 Å². The van der Waals surface area contributed by atoms with E-state index in [1.807, 2.05) is 30.3 Å². The number of hydrogen-bond acceptors (Lipinski definition) is 4. The highest BCUT2D eigenvalue weighted by Gasteiger charge is 2.40. The number of hydrogen-bond donors (Lipinski definition) is 1. The number of carbonyl (C=O) groups excluding carboxylic acids is 2. The molecule has 142 valence electrons. The predicted molar refractivity (Wildman–Crippen MR) is 115 cm³/mol. The Morgan fingerprint density at radius 2 is 2.04 bits per heavy atom. The maximum Gasteiger partial charge on any atom is 0.264 e. The lowest BCUT2D eigenvalue weighted by atomic mass is 10.1. The minimum absolute atomic E-state index is 0.0902. The van der Waals surface area contributed by atoms with Crippen molar-refractivity contribution in [2.24, 2.45) is 0 Å². The summed E-state index contributed by atoms with van der Waals surface area (Å²) in [7, 11) is 1.45. The fraction of sp³-hybridized carbons (Fsp3) is 0.150. The largest absolute Gasteiger partial charge is 0.354 e. The van der Waals surface area contributed by atoms with Crippen molar-refractivity contribution >= 4 is 56.8 Å². The minimum atomic E-state index is -0.528. The Kier molecular flexibility index (Phi) is 6.45. The highest BCUT2D eigenvalue weighted by atomic mass is 79.9. The van der Waals surface area contributed by atoms with E-state index in [2.05, 4.69) is 21.2 Å². The quantitative estimate of drug-likeness (QED) is 0.528. The molecule has 8 heteroatoms. The molecule has 0 aliphatic carbocycles. The second kappa shape index (κ2) is 8.82. The van der Waals surface area contributed by atoms with Gasteiger partial charge in [-0.2, -0.15) is 5.26 Å². The molecule has 0 spiro atoms. The average Bonchev–Trinajstić information content (AvgIpc) is 2.99. The van der Waals surface area contributed by atoms with Crippen LogP contribution in [0.5, 0.6) is 0 Å². The molecule has 0 saturated carbocycles. The first-order valence-electron chi connectivity index (χ1n) is 8.31. The molecule has 1 fully saturated rings. The Labute approximate surface area is 180 Å². The van der Waals surface area contributed by atoms with E-state index in [9.17, 15) is 14.9 Å². The summed E-state index contributed by atoms with van der Waals surface area (Å²) in [6.07, 6.45) is 0.475. The Morgan fingerprint density at radius 1 is 1.32 bits per heavy atom. The fourth-order valence-corrected chi connectivity index (χ4v) is 4.70. The van der Waals surface area contributed by atoms with Crippen molar-refractivity contribution in [3.05, 3.63) is 74.2 Å². The third kappa shape index (κ3) is 4.25. The van der Waals surface area contributed by atoms with Crippen LogP contribution < -0.4 is 10.2 Å². The van der Waals surface area contributed by atoms with Gasteiger partial charge in [-0.05, 0) is 48.4 Å². The molecule has 28 heavy (non-hydrogen) atoms. The van der Waals surface area contributed by atoms with Gasteiger partial charge in [0.25, 0.3) is 5.91 Å². The first-order chi connectivity index (χ1) is 13.4. The highest BCUT2D eigenvalue weighted by Crippen LogP contribution is 2.42. The van der Waals surface area contributed by atoms with E-state index < -0.39 is 11.2 Å². The molecule has 0 unspecified atom stereocenters. The number of rotatable bonds is 4. The average molecular weight is 477 g/mol. The Bertz CT molecular complexity index is 1000. The third-order valence-corrected chi connectivity index (χ3v) is 6.14. The smallest absolute Gasteiger partial charge is 0.264 e. The second-order valence-electron chi connectivity index (χ2n) is 5.96. The van der Waals surface area contributed by atoms with Crippen molar-refractivity contribution < 1.29 is 9.59 Å². The number of nitrogens with zero attached hydrogens (tertiary/aromatic N) is 2. The van der Waals surface area contributed by atoms with Gasteiger partial charge >= 0.3 is 0 Å². The molecule has 0 radical (unpaired) electrons. The molecule has 3 rings (SSSR count). The lowest BCUT2D eigenvalue weighted by Crippen LogP contribution is -2.31. The van der Waals surface area contributed by atoms with E-state index in [1.54, 1.807) is 24.3 Å². The Hall–Kier alpha value is -2.27. The zero-order valence-electron chi connectivity index (χ0n) is 14.8. The van der Waals surface area contributed by atoms with Crippen LogP contribution in [0.4, 0.5) is 5.69 Å². The summed E-state index contributed by atoms with van der Waals surface area (Å²) in [5, 5.41) is 12.4. The Balaban J connectivity index is 2.04. The summed E-state index contributed by atoms with van der Waals surface area (Å²) in [6.45, 7) is 0. The molecule has 0 bridgehead atoms. The number of amides is 2. The molecule has 1 aliphatic heterocycles. The molecule has 1 atom stereocenters. The van der Waals surface area contributed by atoms with Gasteiger partial charge in [0, 0.05) is 22.2 Å². The molecule has 2 aromatic rings. The number of anilines is 1. The van der Waals surface area contributed by atoms with Gasteiger partial charge in [0.15, 0.2) is 0 Å². The number of nitrogens with one attached hydrogen (secondary N) is 1. The van der Waals surface area contributed by atoms with Crippen molar-refractivity contribution in [1.29, 1.82) is 5.26 Å². The lowest BCUT2D eigenvalue weighted by molar-refractivity contribution is -0.117. The molecule has 2 amide bonds. The summed E-state index contributed by atoms with van der Waals surface area (Å²) >= 11 is 10.6. The maximum atomic E-state index is 13.2. The standard InChI is InChI=1S/C20H15BrClN3O2S/c1-24-18(26)16(11-23)20-25(15-7-5-14(22)6-8-15)19(27)17(28-20)10-12-3-2-4-13(21)9-12/h2-9,17H,10H2,1H3,(H,24,26)/b20-16-/t17-/m0/s1. The number of likely N-dealkylation sites (N-methyl/N-ethyl adjacent to an activating group) is 1. The minimum Gasteiger partial charge on any atom is -0.354 e. The van der Waals surface area contributed by atoms with Crippen LogP contribution in [-0.2, 0) is 16.0 Å². The van der Waals surface area contributed by atoms with E-state index >= 15 is 0 Å². The van der Waals surface area contributed by atoms with Crippen LogP contribution in [0, 0.1) is 11.3 Å². The number of benzene rings is 2. The van der Waals surface area contributed by atoms with Crippen molar-refractivity contribution in [3.8, 4) is 6.07 Å². The van der Waals surface area contributed by atoms with Crippen LogP contribution in [0.25, 0.3) is 0 Å². The molecule has 2 aromatic carbocycles. The van der Waals surface area contributed by atoms with Gasteiger partial charge < -0.3 is 5.32 Å². The van der Waals surface area contributed by atoms with E-state index in [0.29, 0.717) is 22.2 Å². The summed E-state index contributed by atoms with van der Waals surface area (Å²) < 4.78 is 0.925. The molecular formula is C20H15BrClN3O2S. The van der Waals surface area contributed by atoms with Gasteiger partial charge in [-0.3, -0.25) is 14.5 Å². The molecule has 1 heterocycles. The second-order valence-corrected chi connectivity index (χ2v) is 8.51. The van der Waals surface area contributed by atoms with E-state index in [-0.39, 0.29) is 11.5 Å². The van der Waals surface area contributed by atoms with E-state index in [4.69, 9.17) is 11.6 Å². The van der Waals surface area contributed by atoms with E-state index in [1.165, 1.54) is 23.7 Å². The SMILES string of the molecule is CNC(=O)/C(C#N)=C1\S[C@@H](Cc2cccc(Br)c2)C(=O)N1c1ccc(Cl)cc1. The summed E-state index contributed by atoms with van der Waals surface area (Å²) in [5.41, 5.74) is 1.45. The first-order valence-corrected chi connectivity index (χ1v) is 10.4.